The molecular formula is C11H15ClN2O2. The number of carbonyl (C=O) groups excluding carboxylic acids is 1. The maximum absolute atomic E-state index is 11.3. The summed E-state index contributed by atoms with van der Waals surface area (Å²) in [4.78, 5) is 11.3. The van der Waals surface area contributed by atoms with Gasteiger partial charge in [-0.25, -0.2) is 4.79 Å². The topological polar surface area (TPSA) is 62.2 Å². The monoisotopic (exact) mass is 242 g/mol. The van der Waals surface area contributed by atoms with Gasteiger partial charge in [0.2, 0.25) is 0 Å². The summed E-state index contributed by atoms with van der Waals surface area (Å²) in [6, 6.07) is 6.73. The average molecular weight is 243 g/mol. The van der Waals surface area contributed by atoms with Crippen LogP contribution in [0.15, 0.2) is 24.3 Å². The van der Waals surface area contributed by atoms with Gasteiger partial charge in [-0.15, -0.1) is 12.4 Å². The molecule has 0 saturated carbocycles. The highest BCUT2D eigenvalue weighted by atomic mass is 35.5. The fourth-order valence-electron chi connectivity index (χ4n) is 1.13. The number of benzene rings is 1. The van der Waals surface area contributed by atoms with Gasteiger partial charge in [-0.05, 0) is 19.1 Å². The number of rotatable bonds is 3. The third-order valence-corrected chi connectivity index (χ3v) is 1.93. The van der Waals surface area contributed by atoms with Crippen molar-refractivity contribution in [1.82, 2.24) is 5.32 Å². The van der Waals surface area contributed by atoms with E-state index < -0.39 is 0 Å². The number of amidine groups is 1. The molecular weight excluding hydrogens is 228 g/mol. The van der Waals surface area contributed by atoms with Gasteiger partial charge in [-0.1, -0.05) is 12.1 Å². The fraction of sp³-hybridized carbons (Fsp3) is 0.273. The number of halogens is 1. The largest absolute Gasteiger partial charge is 0.462 e. The summed E-state index contributed by atoms with van der Waals surface area (Å²) in [5.41, 5.74) is 1.25. The molecule has 0 bridgehead atoms. The molecule has 2 N–H and O–H groups in total. The molecule has 1 aromatic rings. The molecule has 0 fully saturated rings. The van der Waals surface area contributed by atoms with Crippen LogP contribution in [0.1, 0.15) is 22.8 Å². The second-order valence-electron chi connectivity index (χ2n) is 2.92. The third-order valence-electron chi connectivity index (χ3n) is 1.93. The molecule has 0 unspecified atom stereocenters. The van der Waals surface area contributed by atoms with E-state index in [1.54, 1.807) is 38.2 Å². The number of nitrogens with one attached hydrogen (secondary N) is 2. The Bertz CT molecular complexity index is 363. The summed E-state index contributed by atoms with van der Waals surface area (Å²) in [5, 5.41) is 10.2. The van der Waals surface area contributed by atoms with Crippen LogP contribution in [0.5, 0.6) is 0 Å². The molecule has 16 heavy (non-hydrogen) atoms. The van der Waals surface area contributed by atoms with Crippen LogP contribution in [0.2, 0.25) is 0 Å². The van der Waals surface area contributed by atoms with Crippen LogP contribution in [0.4, 0.5) is 0 Å². The Kier molecular flexibility index (Phi) is 6.18. The molecule has 88 valence electrons. The van der Waals surface area contributed by atoms with E-state index in [2.05, 4.69) is 5.32 Å². The van der Waals surface area contributed by atoms with Gasteiger partial charge in [0.25, 0.3) is 0 Å². The van der Waals surface area contributed by atoms with Gasteiger partial charge in [-0.3, -0.25) is 5.41 Å². The summed E-state index contributed by atoms with van der Waals surface area (Å²) in [6.45, 7) is 2.13. The fourth-order valence-corrected chi connectivity index (χ4v) is 1.13. The Balaban J connectivity index is 0.00000225. The molecule has 0 saturated heterocycles. The van der Waals surface area contributed by atoms with Crippen molar-refractivity contribution in [3.63, 3.8) is 0 Å². The minimum Gasteiger partial charge on any atom is -0.462 e. The van der Waals surface area contributed by atoms with Gasteiger partial charge in [0, 0.05) is 12.6 Å². The van der Waals surface area contributed by atoms with Gasteiger partial charge in [0.1, 0.15) is 5.84 Å². The summed E-state index contributed by atoms with van der Waals surface area (Å²) in [5.74, 6) is -0.00885. The molecule has 0 heterocycles. The smallest absolute Gasteiger partial charge is 0.338 e. The van der Waals surface area contributed by atoms with Gasteiger partial charge < -0.3 is 10.1 Å². The number of carbonyl (C=O) groups is 1. The van der Waals surface area contributed by atoms with E-state index in [9.17, 15) is 4.79 Å². The van der Waals surface area contributed by atoms with Crippen molar-refractivity contribution in [2.24, 2.45) is 0 Å². The maximum Gasteiger partial charge on any atom is 0.338 e. The quantitative estimate of drug-likeness (QED) is 0.483. The number of hydrogen-bond acceptors (Lipinski definition) is 3. The molecule has 0 aliphatic carbocycles. The van der Waals surface area contributed by atoms with E-state index in [0.29, 0.717) is 18.0 Å². The first-order valence-corrected chi connectivity index (χ1v) is 4.73. The van der Waals surface area contributed by atoms with Crippen LogP contribution in [0.3, 0.4) is 0 Å². The highest BCUT2D eigenvalue weighted by Gasteiger charge is 2.06. The minimum atomic E-state index is -0.333. The van der Waals surface area contributed by atoms with Crippen molar-refractivity contribution in [2.75, 3.05) is 13.7 Å². The summed E-state index contributed by atoms with van der Waals surface area (Å²) in [6.07, 6.45) is 0. The predicted molar refractivity (Wildman–Crippen MR) is 65.5 cm³/mol. The highest BCUT2D eigenvalue weighted by molar-refractivity contribution is 5.97. The van der Waals surface area contributed by atoms with Crippen molar-refractivity contribution in [2.45, 2.75) is 6.92 Å². The zero-order valence-electron chi connectivity index (χ0n) is 9.24. The van der Waals surface area contributed by atoms with Crippen LogP contribution in [-0.2, 0) is 4.74 Å². The molecule has 0 spiro atoms. The molecule has 0 atom stereocenters. The van der Waals surface area contributed by atoms with Gasteiger partial charge >= 0.3 is 5.97 Å². The Labute approximate surface area is 101 Å². The van der Waals surface area contributed by atoms with E-state index >= 15 is 0 Å². The number of ether oxygens (including phenoxy) is 1. The van der Waals surface area contributed by atoms with Crippen molar-refractivity contribution in [1.29, 1.82) is 5.41 Å². The van der Waals surface area contributed by atoms with E-state index in [-0.39, 0.29) is 18.4 Å². The van der Waals surface area contributed by atoms with E-state index in [4.69, 9.17) is 10.1 Å². The van der Waals surface area contributed by atoms with Gasteiger partial charge in [0.05, 0.1) is 12.2 Å². The Morgan fingerprint density at radius 1 is 1.31 bits per heavy atom. The molecule has 1 aromatic carbocycles. The summed E-state index contributed by atoms with van der Waals surface area (Å²) >= 11 is 0. The third kappa shape index (κ3) is 3.55. The highest BCUT2D eigenvalue weighted by Crippen LogP contribution is 2.05. The minimum absolute atomic E-state index is 0. The SMILES string of the molecule is CCOC(=O)c1ccc(C(=N)NC)cc1.Cl. The van der Waals surface area contributed by atoms with Crippen molar-refractivity contribution >= 4 is 24.2 Å². The molecule has 0 aliphatic rings. The molecule has 4 nitrogen and oxygen atoms in total. The van der Waals surface area contributed by atoms with Crippen LogP contribution < -0.4 is 5.32 Å². The van der Waals surface area contributed by atoms with Gasteiger partial charge in [-0.2, -0.15) is 0 Å². The normalized spacial score (nSPS) is 8.88. The Hall–Kier alpha value is -1.55. The Morgan fingerprint density at radius 2 is 1.81 bits per heavy atom. The first-order valence-electron chi connectivity index (χ1n) is 4.73. The lowest BCUT2D eigenvalue weighted by molar-refractivity contribution is 0.0526. The van der Waals surface area contributed by atoms with Gasteiger partial charge in [0.15, 0.2) is 0 Å². The van der Waals surface area contributed by atoms with E-state index in [1.165, 1.54) is 0 Å². The van der Waals surface area contributed by atoms with Crippen molar-refractivity contribution < 1.29 is 9.53 Å². The lowest BCUT2D eigenvalue weighted by Crippen LogP contribution is -2.17. The molecule has 5 heteroatoms. The zero-order valence-corrected chi connectivity index (χ0v) is 10.1. The zero-order chi connectivity index (χ0) is 11.3. The van der Waals surface area contributed by atoms with E-state index in [0.717, 1.165) is 5.56 Å². The second kappa shape index (κ2) is 6.85. The lowest BCUT2D eigenvalue weighted by Gasteiger charge is -2.04. The second-order valence-corrected chi connectivity index (χ2v) is 2.92. The van der Waals surface area contributed by atoms with Crippen LogP contribution in [0, 0.1) is 5.41 Å². The van der Waals surface area contributed by atoms with Crippen LogP contribution in [0.25, 0.3) is 0 Å². The van der Waals surface area contributed by atoms with Crippen molar-refractivity contribution in [3.05, 3.63) is 35.4 Å². The summed E-state index contributed by atoms with van der Waals surface area (Å²) in [7, 11) is 1.68. The Morgan fingerprint density at radius 3 is 2.25 bits per heavy atom. The molecule has 1 rings (SSSR count). The predicted octanol–water partition coefficient (Wildman–Crippen LogP) is 1.83. The summed E-state index contributed by atoms with van der Waals surface area (Å²) < 4.78 is 4.85. The van der Waals surface area contributed by atoms with E-state index in [1.807, 2.05) is 0 Å². The number of esters is 1. The molecule has 0 radical (unpaired) electrons. The molecule has 0 aliphatic heterocycles. The molecule has 0 amide bonds. The van der Waals surface area contributed by atoms with Crippen LogP contribution >= 0.6 is 12.4 Å². The first-order chi connectivity index (χ1) is 7.19. The molecule has 0 aromatic heterocycles. The average Bonchev–Trinajstić information content (AvgIpc) is 2.28. The van der Waals surface area contributed by atoms with Crippen LogP contribution in [-0.4, -0.2) is 25.5 Å². The first kappa shape index (κ1) is 14.5. The lowest BCUT2D eigenvalue weighted by atomic mass is 10.1. The maximum atomic E-state index is 11.3. The standard InChI is InChI=1S/C11H14N2O2.ClH/c1-3-15-11(14)9-6-4-8(5-7-9)10(12)13-2;/h4-7H,3H2,1-2H3,(H2,12,13);1H. The number of hydrogen-bond donors (Lipinski definition) is 2. The van der Waals surface area contributed by atoms with Crippen molar-refractivity contribution in [3.8, 4) is 0 Å².